The number of rotatable bonds is 3. The summed E-state index contributed by atoms with van der Waals surface area (Å²) >= 11 is 0. The van der Waals surface area contributed by atoms with Crippen LogP contribution in [-0.2, 0) is 11.2 Å². The molecule has 0 fully saturated rings. The number of nitrogen functional groups attached to an aromatic ring is 1. The molecular formula is C9H12N2O2. The van der Waals surface area contributed by atoms with E-state index in [1.165, 1.54) is 0 Å². The standard InChI is InChI=1S/C9H12N2O2/c1-13-8-3-2-6(4-7(8)10)5-9(11)12/h2-4H,5,10H2,1H3,(H2,11,12). The Kier molecular flexibility index (Phi) is 2.74. The van der Waals surface area contributed by atoms with Gasteiger partial charge in [-0.15, -0.1) is 0 Å². The second kappa shape index (κ2) is 3.80. The van der Waals surface area contributed by atoms with Crippen molar-refractivity contribution in [2.24, 2.45) is 5.73 Å². The average molecular weight is 180 g/mol. The number of primary amides is 1. The third-order valence-electron chi connectivity index (χ3n) is 1.67. The lowest BCUT2D eigenvalue weighted by Crippen LogP contribution is -2.13. The Morgan fingerprint density at radius 1 is 1.54 bits per heavy atom. The van der Waals surface area contributed by atoms with E-state index < -0.39 is 0 Å². The van der Waals surface area contributed by atoms with E-state index >= 15 is 0 Å². The molecule has 70 valence electrons. The zero-order valence-electron chi connectivity index (χ0n) is 7.41. The molecule has 1 rings (SSSR count). The van der Waals surface area contributed by atoms with Gasteiger partial charge in [0.05, 0.1) is 19.2 Å². The van der Waals surface area contributed by atoms with Crippen LogP contribution in [0.5, 0.6) is 5.75 Å². The zero-order valence-corrected chi connectivity index (χ0v) is 7.41. The lowest BCUT2D eigenvalue weighted by atomic mass is 10.1. The first kappa shape index (κ1) is 9.38. The Balaban J connectivity index is 2.89. The van der Waals surface area contributed by atoms with Crippen molar-refractivity contribution in [3.63, 3.8) is 0 Å². The van der Waals surface area contributed by atoms with Gasteiger partial charge in [0.1, 0.15) is 5.75 Å². The van der Waals surface area contributed by atoms with E-state index in [-0.39, 0.29) is 12.3 Å². The van der Waals surface area contributed by atoms with Gasteiger partial charge in [0.15, 0.2) is 0 Å². The molecule has 4 N–H and O–H groups in total. The molecule has 0 saturated heterocycles. The molecule has 0 unspecified atom stereocenters. The highest BCUT2D eigenvalue weighted by atomic mass is 16.5. The highest BCUT2D eigenvalue weighted by Gasteiger charge is 2.02. The highest BCUT2D eigenvalue weighted by molar-refractivity contribution is 5.77. The Morgan fingerprint density at radius 2 is 2.23 bits per heavy atom. The van der Waals surface area contributed by atoms with Crippen LogP contribution in [0.25, 0.3) is 0 Å². The number of carbonyl (C=O) groups excluding carboxylic acids is 1. The van der Waals surface area contributed by atoms with Crippen LogP contribution in [0.2, 0.25) is 0 Å². The van der Waals surface area contributed by atoms with E-state index in [9.17, 15) is 4.79 Å². The Hall–Kier alpha value is -1.71. The van der Waals surface area contributed by atoms with E-state index in [0.717, 1.165) is 5.56 Å². The SMILES string of the molecule is COc1ccc(CC(N)=O)cc1N. The fraction of sp³-hybridized carbons (Fsp3) is 0.222. The van der Waals surface area contributed by atoms with Gasteiger partial charge >= 0.3 is 0 Å². The molecule has 1 aromatic carbocycles. The number of benzene rings is 1. The van der Waals surface area contributed by atoms with Gasteiger partial charge in [-0.1, -0.05) is 6.07 Å². The number of ether oxygens (including phenoxy) is 1. The minimum atomic E-state index is -0.371. The molecule has 0 radical (unpaired) electrons. The summed E-state index contributed by atoms with van der Waals surface area (Å²) in [5.41, 5.74) is 12.0. The third-order valence-corrected chi connectivity index (χ3v) is 1.67. The highest BCUT2D eigenvalue weighted by Crippen LogP contribution is 2.21. The van der Waals surface area contributed by atoms with E-state index in [4.69, 9.17) is 16.2 Å². The molecule has 0 aliphatic rings. The summed E-state index contributed by atoms with van der Waals surface area (Å²) in [7, 11) is 1.54. The molecular weight excluding hydrogens is 168 g/mol. The molecule has 4 nitrogen and oxygen atoms in total. The molecule has 0 bridgehead atoms. The summed E-state index contributed by atoms with van der Waals surface area (Å²) in [6, 6.07) is 5.16. The molecule has 0 atom stereocenters. The molecule has 1 aromatic rings. The molecule has 0 spiro atoms. The minimum Gasteiger partial charge on any atom is -0.495 e. The number of nitrogens with two attached hydrogens (primary N) is 2. The second-order valence-electron chi connectivity index (χ2n) is 2.72. The number of carbonyl (C=O) groups is 1. The van der Waals surface area contributed by atoms with Crippen LogP contribution in [0.15, 0.2) is 18.2 Å². The Bertz CT molecular complexity index is 323. The lowest BCUT2D eigenvalue weighted by Gasteiger charge is -2.05. The predicted molar refractivity (Wildman–Crippen MR) is 50.3 cm³/mol. The normalized spacial score (nSPS) is 9.62. The van der Waals surface area contributed by atoms with Crippen LogP contribution < -0.4 is 16.2 Å². The Labute approximate surface area is 76.5 Å². The van der Waals surface area contributed by atoms with Gasteiger partial charge in [0.2, 0.25) is 5.91 Å². The quantitative estimate of drug-likeness (QED) is 0.657. The first-order valence-corrected chi connectivity index (χ1v) is 3.84. The van der Waals surface area contributed by atoms with Gasteiger partial charge in [0.25, 0.3) is 0 Å². The van der Waals surface area contributed by atoms with Gasteiger partial charge in [0, 0.05) is 0 Å². The van der Waals surface area contributed by atoms with E-state index in [1.807, 2.05) is 0 Å². The van der Waals surface area contributed by atoms with Crippen molar-refractivity contribution in [3.05, 3.63) is 23.8 Å². The summed E-state index contributed by atoms with van der Waals surface area (Å²) < 4.78 is 4.96. The van der Waals surface area contributed by atoms with Crippen molar-refractivity contribution >= 4 is 11.6 Å². The van der Waals surface area contributed by atoms with Crippen molar-refractivity contribution in [3.8, 4) is 5.75 Å². The largest absolute Gasteiger partial charge is 0.495 e. The Morgan fingerprint density at radius 3 is 2.69 bits per heavy atom. The maximum absolute atomic E-state index is 10.6. The molecule has 0 aliphatic carbocycles. The fourth-order valence-electron chi connectivity index (χ4n) is 1.09. The number of amides is 1. The van der Waals surface area contributed by atoms with Crippen molar-refractivity contribution in [2.75, 3.05) is 12.8 Å². The summed E-state index contributed by atoms with van der Waals surface area (Å²) in [6.45, 7) is 0. The first-order valence-electron chi connectivity index (χ1n) is 3.84. The minimum absolute atomic E-state index is 0.203. The second-order valence-corrected chi connectivity index (χ2v) is 2.72. The maximum atomic E-state index is 10.6. The van der Waals surface area contributed by atoms with E-state index in [0.29, 0.717) is 11.4 Å². The monoisotopic (exact) mass is 180 g/mol. The van der Waals surface area contributed by atoms with Crippen molar-refractivity contribution in [1.82, 2.24) is 0 Å². The van der Waals surface area contributed by atoms with Crippen LogP contribution in [0, 0.1) is 0 Å². The van der Waals surface area contributed by atoms with Crippen LogP contribution in [0.1, 0.15) is 5.56 Å². The number of anilines is 1. The van der Waals surface area contributed by atoms with E-state index in [1.54, 1.807) is 25.3 Å². The van der Waals surface area contributed by atoms with Crippen LogP contribution in [-0.4, -0.2) is 13.0 Å². The number of hydrogen-bond donors (Lipinski definition) is 2. The molecule has 13 heavy (non-hydrogen) atoms. The number of methoxy groups -OCH3 is 1. The van der Waals surface area contributed by atoms with Gasteiger partial charge in [-0.25, -0.2) is 0 Å². The van der Waals surface area contributed by atoms with Crippen molar-refractivity contribution < 1.29 is 9.53 Å². The summed E-state index contributed by atoms with van der Waals surface area (Å²) in [5, 5.41) is 0. The van der Waals surface area contributed by atoms with E-state index in [2.05, 4.69) is 0 Å². The molecule has 0 saturated carbocycles. The van der Waals surface area contributed by atoms with Gasteiger partial charge in [-0.05, 0) is 17.7 Å². The first-order chi connectivity index (χ1) is 6.13. The number of hydrogen-bond acceptors (Lipinski definition) is 3. The van der Waals surface area contributed by atoms with Crippen LogP contribution >= 0.6 is 0 Å². The molecule has 4 heteroatoms. The fourth-order valence-corrected chi connectivity index (χ4v) is 1.09. The lowest BCUT2D eigenvalue weighted by molar-refractivity contribution is -0.117. The topological polar surface area (TPSA) is 78.3 Å². The summed E-state index contributed by atoms with van der Waals surface area (Å²) in [6.07, 6.45) is 0.203. The zero-order chi connectivity index (χ0) is 9.84. The molecule has 0 aliphatic heterocycles. The third kappa shape index (κ3) is 2.37. The van der Waals surface area contributed by atoms with Crippen LogP contribution in [0.3, 0.4) is 0 Å². The van der Waals surface area contributed by atoms with Gasteiger partial charge < -0.3 is 16.2 Å². The molecule has 0 aromatic heterocycles. The predicted octanol–water partition coefficient (Wildman–Crippen LogP) is 0.305. The smallest absolute Gasteiger partial charge is 0.221 e. The van der Waals surface area contributed by atoms with Gasteiger partial charge in [-0.2, -0.15) is 0 Å². The molecule has 1 amide bonds. The van der Waals surface area contributed by atoms with Crippen molar-refractivity contribution in [2.45, 2.75) is 6.42 Å². The van der Waals surface area contributed by atoms with Crippen molar-refractivity contribution in [1.29, 1.82) is 0 Å². The molecule has 0 heterocycles. The van der Waals surface area contributed by atoms with Crippen LogP contribution in [0.4, 0.5) is 5.69 Å². The maximum Gasteiger partial charge on any atom is 0.221 e. The summed E-state index contributed by atoms with van der Waals surface area (Å²) in [5.74, 6) is 0.234. The average Bonchev–Trinajstić information content (AvgIpc) is 2.03. The summed E-state index contributed by atoms with van der Waals surface area (Å²) in [4.78, 5) is 10.6. The van der Waals surface area contributed by atoms with Gasteiger partial charge in [-0.3, -0.25) is 4.79 Å².